The molecule has 17 heavy (non-hydrogen) atoms. The van der Waals surface area contributed by atoms with Crippen molar-refractivity contribution < 1.29 is 9.84 Å². The molecule has 0 fully saturated rings. The summed E-state index contributed by atoms with van der Waals surface area (Å²) in [5.74, 6) is 0.889. The Morgan fingerprint density at radius 2 is 2.00 bits per heavy atom. The second kappa shape index (κ2) is 5.87. The molecule has 1 N–H and O–H groups in total. The highest BCUT2D eigenvalue weighted by atomic mass is 16.6. The summed E-state index contributed by atoms with van der Waals surface area (Å²) in [7, 11) is 0. The average Bonchev–Trinajstić information content (AvgIpc) is 2.35. The first-order chi connectivity index (χ1) is 8.31. The zero-order valence-corrected chi connectivity index (χ0v) is 10.1. The van der Waals surface area contributed by atoms with Crippen LogP contribution < -0.4 is 0 Å². The number of fused-ring (bicyclic) bond motifs is 1. The molecule has 1 heterocycles. The Bertz CT molecular complexity index is 396. The minimum absolute atomic E-state index is 0.806. The van der Waals surface area contributed by atoms with Crippen LogP contribution in [0.1, 0.15) is 49.5 Å². The van der Waals surface area contributed by atoms with E-state index in [9.17, 15) is 5.11 Å². The van der Waals surface area contributed by atoms with Crippen molar-refractivity contribution in [2.24, 2.45) is 0 Å². The summed E-state index contributed by atoms with van der Waals surface area (Å²) >= 11 is 0. The van der Waals surface area contributed by atoms with Gasteiger partial charge in [-0.2, -0.15) is 0 Å². The van der Waals surface area contributed by atoms with Gasteiger partial charge < -0.3 is 9.84 Å². The molecule has 0 aliphatic carbocycles. The number of benzene rings is 1. The van der Waals surface area contributed by atoms with E-state index in [1.54, 1.807) is 0 Å². The molecule has 0 saturated carbocycles. The number of hydrogen-bond donors (Lipinski definition) is 1. The maximum atomic E-state index is 9.86. The first-order valence-corrected chi connectivity index (χ1v) is 6.24. The molecule has 2 heteroatoms. The Hall–Kier alpha value is -1.28. The summed E-state index contributed by atoms with van der Waals surface area (Å²) in [5, 5.41) is 9.86. The van der Waals surface area contributed by atoms with Gasteiger partial charge in [0, 0.05) is 12.0 Å². The van der Waals surface area contributed by atoms with Crippen LogP contribution in [0.3, 0.4) is 0 Å². The summed E-state index contributed by atoms with van der Waals surface area (Å²) in [6.07, 6.45) is 6.53. The SMILES string of the molecule is [CH2]CCCCCC1=Cc2ccccc2C(O)O1. The third-order valence-corrected chi connectivity index (χ3v) is 3.01. The second-order valence-corrected chi connectivity index (χ2v) is 4.37. The van der Waals surface area contributed by atoms with Crippen LogP contribution in [-0.2, 0) is 4.74 Å². The van der Waals surface area contributed by atoms with E-state index in [0.29, 0.717) is 0 Å². The van der Waals surface area contributed by atoms with E-state index >= 15 is 0 Å². The molecule has 0 spiro atoms. The minimum Gasteiger partial charge on any atom is -0.465 e. The molecule has 1 radical (unpaired) electrons. The van der Waals surface area contributed by atoms with Gasteiger partial charge in [-0.15, -0.1) is 0 Å². The van der Waals surface area contributed by atoms with E-state index in [0.717, 1.165) is 42.6 Å². The van der Waals surface area contributed by atoms with Crippen LogP contribution in [-0.4, -0.2) is 5.11 Å². The molecule has 1 aromatic rings. The number of unbranched alkanes of at least 4 members (excludes halogenated alkanes) is 3. The molecule has 2 rings (SSSR count). The molecule has 1 aliphatic rings. The number of hydrogen-bond acceptors (Lipinski definition) is 2. The van der Waals surface area contributed by atoms with Crippen LogP contribution in [0.25, 0.3) is 6.08 Å². The van der Waals surface area contributed by atoms with Gasteiger partial charge in [-0.25, -0.2) is 0 Å². The zero-order chi connectivity index (χ0) is 12.1. The van der Waals surface area contributed by atoms with Crippen molar-refractivity contribution in [2.45, 2.75) is 38.4 Å². The maximum Gasteiger partial charge on any atom is 0.224 e. The van der Waals surface area contributed by atoms with E-state index in [1.165, 1.54) is 6.42 Å². The Morgan fingerprint density at radius 3 is 2.82 bits per heavy atom. The van der Waals surface area contributed by atoms with Crippen LogP contribution in [0.2, 0.25) is 0 Å². The fourth-order valence-electron chi connectivity index (χ4n) is 2.07. The largest absolute Gasteiger partial charge is 0.465 e. The predicted molar refractivity (Wildman–Crippen MR) is 68.9 cm³/mol. The van der Waals surface area contributed by atoms with Gasteiger partial charge in [0.15, 0.2) is 0 Å². The van der Waals surface area contributed by atoms with Crippen molar-refractivity contribution in [3.63, 3.8) is 0 Å². The van der Waals surface area contributed by atoms with Gasteiger partial charge in [0.1, 0.15) is 5.76 Å². The van der Waals surface area contributed by atoms with Gasteiger partial charge in [-0.05, 0) is 18.1 Å². The van der Waals surface area contributed by atoms with E-state index in [1.807, 2.05) is 30.3 Å². The highest BCUT2D eigenvalue weighted by molar-refractivity contribution is 5.57. The predicted octanol–water partition coefficient (Wildman–Crippen LogP) is 3.83. The third-order valence-electron chi connectivity index (χ3n) is 3.01. The Morgan fingerprint density at radius 1 is 1.18 bits per heavy atom. The van der Waals surface area contributed by atoms with Crippen molar-refractivity contribution in [2.75, 3.05) is 0 Å². The van der Waals surface area contributed by atoms with Crippen molar-refractivity contribution in [1.29, 1.82) is 0 Å². The molecule has 0 saturated heterocycles. The Kier molecular flexibility index (Phi) is 4.21. The molecule has 0 aromatic heterocycles. The first kappa shape index (κ1) is 12.2. The van der Waals surface area contributed by atoms with Crippen molar-refractivity contribution in [3.05, 3.63) is 48.1 Å². The molecule has 1 aliphatic heterocycles. The lowest BCUT2D eigenvalue weighted by molar-refractivity contribution is -0.0724. The van der Waals surface area contributed by atoms with E-state index < -0.39 is 6.29 Å². The zero-order valence-electron chi connectivity index (χ0n) is 10.1. The van der Waals surface area contributed by atoms with Crippen LogP contribution in [0.15, 0.2) is 30.0 Å². The molecular weight excluding hydrogens is 212 g/mol. The van der Waals surface area contributed by atoms with E-state index in [4.69, 9.17) is 4.74 Å². The van der Waals surface area contributed by atoms with Gasteiger partial charge in [0.2, 0.25) is 6.29 Å². The lowest BCUT2D eigenvalue weighted by Crippen LogP contribution is -2.09. The fraction of sp³-hybridized carbons (Fsp3) is 0.400. The summed E-state index contributed by atoms with van der Waals surface area (Å²) < 4.78 is 5.49. The molecule has 0 amide bonds. The molecule has 1 atom stereocenters. The van der Waals surface area contributed by atoms with E-state index in [2.05, 4.69) is 6.92 Å². The summed E-state index contributed by atoms with van der Waals surface area (Å²) in [5.41, 5.74) is 1.92. The van der Waals surface area contributed by atoms with Crippen LogP contribution in [0.4, 0.5) is 0 Å². The van der Waals surface area contributed by atoms with Gasteiger partial charge in [-0.3, -0.25) is 0 Å². The molecule has 1 unspecified atom stereocenters. The molecule has 2 nitrogen and oxygen atoms in total. The average molecular weight is 231 g/mol. The van der Waals surface area contributed by atoms with Crippen LogP contribution >= 0.6 is 0 Å². The lowest BCUT2D eigenvalue weighted by atomic mass is 10.0. The number of allylic oxidation sites excluding steroid dienone is 1. The number of ether oxygens (including phenoxy) is 1. The highest BCUT2D eigenvalue weighted by Gasteiger charge is 2.18. The topological polar surface area (TPSA) is 29.5 Å². The summed E-state index contributed by atoms with van der Waals surface area (Å²) in [4.78, 5) is 0. The van der Waals surface area contributed by atoms with Crippen molar-refractivity contribution in [3.8, 4) is 0 Å². The van der Waals surface area contributed by atoms with Gasteiger partial charge in [0.05, 0.1) is 0 Å². The minimum atomic E-state index is -0.806. The molecule has 91 valence electrons. The van der Waals surface area contributed by atoms with E-state index in [-0.39, 0.29) is 0 Å². The summed E-state index contributed by atoms with van der Waals surface area (Å²) in [6.45, 7) is 3.83. The Labute approximate surface area is 103 Å². The molecule has 1 aromatic carbocycles. The van der Waals surface area contributed by atoms with Crippen molar-refractivity contribution >= 4 is 6.08 Å². The number of rotatable bonds is 5. The lowest BCUT2D eigenvalue weighted by Gasteiger charge is -2.23. The molecular formula is C15H19O2. The maximum absolute atomic E-state index is 9.86. The Balaban J connectivity index is 1.99. The molecule has 0 bridgehead atoms. The fourth-order valence-corrected chi connectivity index (χ4v) is 2.07. The van der Waals surface area contributed by atoms with Gasteiger partial charge >= 0.3 is 0 Å². The smallest absolute Gasteiger partial charge is 0.224 e. The van der Waals surface area contributed by atoms with Crippen LogP contribution in [0, 0.1) is 6.92 Å². The van der Waals surface area contributed by atoms with Crippen molar-refractivity contribution in [1.82, 2.24) is 0 Å². The van der Waals surface area contributed by atoms with Gasteiger partial charge in [0.25, 0.3) is 0 Å². The standard InChI is InChI=1S/C15H19O2/c1-2-3-4-5-9-13-11-12-8-6-7-10-14(12)15(16)17-13/h6-8,10-11,15-16H,1-5,9H2. The number of aliphatic hydroxyl groups is 1. The van der Waals surface area contributed by atoms with Gasteiger partial charge in [-0.1, -0.05) is 50.5 Å². The number of aliphatic hydroxyl groups excluding tert-OH is 1. The first-order valence-electron chi connectivity index (χ1n) is 6.24. The summed E-state index contributed by atoms with van der Waals surface area (Å²) in [6, 6.07) is 7.80. The quantitative estimate of drug-likeness (QED) is 0.780. The van der Waals surface area contributed by atoms with Crippen LogP contribution in [0.5, 0.6) is 0 Å². The normalized spacial score (nSPS) is 18.2. The third kappa shape index (κ3) is 3.10. The monoisotopic (exact) mass is 231 g/mol. The highest BCUT2D eigenvalue weighted by Crippen LogP contribution is 2.31. The second-order valence-electron chi connectivity index (χ2n) is 4.37.